The SMILES string of the molecule is CCC[C@H](NC(=O)[C@@H]1[C@@H]2[C@H](CN1C(=O)[C@@H](NC(=O)OC(C)(C)C)C(C)(C)C)C2(C)C)C(=O)C(=O)NCc1ccccc1. The van der Waals surface area contributed by atoms with E-state index >= 15 is 0 Å². The highest BCUT2D eigenvalue weighted by molar-refractivity contribution is 6.38. The normalized spacial score (nSPS) is 22.3. The molecule has 3 rings (SSSR count). The molecule has 1 saturated carbocycles. The van der Waals surface area contributed by atoms with Gasteiger partial charge in [0.05, 0.1) is 6.04 Å². The van der Waals surface area contributed by atoms with Crippen LogP contribution in [0.15, 0.2) is 30.3 Å². The van der Waals surface area contributed by atoms with E-state index in [-0.39, 0.29) is 36.1 Å². The molecule has 2 aliphatic rings. The highest BCUT2D eigenvalue weighted by Crippen LogP contribution is 2.65. The van der Waals surface area contributed by atoms with Crippen LogP contribution in [-0.2, 0) is 30.5 Å². The number of rotatable bonds is 10. The van der Waals surface area contributed by atoms with E-state index in [1.54, 1.807) is 20.8 Å². The first-order chi connectivity index (χ1) is 19.4. The Labute approximate surface area is 249 Å². The zero-order valence-electron chi connectivity index (χ0n) is 26.5. The van der Waals surface area contributed by atoms with E-state index in [2.05, 4.69) is 29.8 Å². The zero-order valence-corrected chi connectivity index (χ0v) is 26.5. The van der Waals surface area contributed by atoms with Crippen molar-refractivity contribution in [1.29, 1.82) is 0 Å². The summed E-state index contributed by atoms with van der Waals surface area (Å²) < 4.78 is 5.41. The minimum Gasteiger partial charge on any atom is -0.444 e. The van der Waals surface area contributed by atoms with Crippen molar-refractivity contribution in [2.75, 3.05) is 6.54 Å². The second-order valence-electron chi connectivity index (χ2n) is 14.2. The quantitative estimate of drug-likeness (QED) is 0.360. The Morgan fingerprint density at radius 3 is 2.17 bits per heavy atom. The first-order valence-corrected chi connectivity index (χ1v) is 14.8. The summed E-state index contributed by atoms with van der Waals surface area (Å²) in [6, 6.07) is 6.45. The number of ether oxygens (including phenoxy) is 1. The first-order valence-electron chi connectivity index (χ1n) is 14.8. The molecule has 0 aromatic heterocycles. The number of carbonyl (C=O) groups excluding carboxylic acids is 5. The van der Waals surface area contributed by atoms with Gasteiger partial charge in [0.2, 0.25) is 17.6 Å². The lowest BCUT2D eigenvalue weighted by molar-refractivity contribution is -0.145. The van der Waals surface area contributed by atoms with Gasteiger partial charge in [-0.2, -0.15) is 0 Å². The number of likely N-dealkylation sites (tertiary alicyclic amines) is 1. The summed E-state index contributed by atoms with van der Waals surface area (Å²) in [4.78, 5) is 68.0. The van der Waals surface area contributed by atoms with E-state index in [1.807, 2.05) is 58.0 Å². The molecule has 1 heterocycles. The Kier molecular flexibility index (Phi) is 9.79. The number of alkyl carbamates (subject to hydrolysis) is 1. The van der Waals surface area contributed by atoms with Gasteiger partial charge in [0, 0.05) is 13.1 Å². The number of fused-ring (bicyclic) bond motifs is 1. The molecule has 0 unspecified atom stereocenters. The smallest absolute Gasteiger partial charge is 0.408 e. The summed E-state index contributed by atoms with van der Waals surface area (Å²) >= 11 is 0. The van der Waals surface area contributed by atoms with Gasteiger partial charge >= 0.3 is 6.09 Å². The van der Waals surface area contributed by atoms with Gasteiger partial charge in [0.25, 0.3) is 5.91 Å². The maximum absolute atomic E-state index is 14.0. The molecule has 1 aliphatic carbocycles. The summed E-state index contributed by atoms with van der Waals surface area (Å²) in [5.74, 6) is -2.33. The summed E-state index contributed by atoms with van der Waals surface area (Å²) in [6.45, 7) is 17.3. The fourth-order valence-corrected chi connectivity index (χ4v) is 5.89. The minimum atomic E-state index is -1.02. The molecule has 1 aromatic carbocycles. The number of Topliss-reactive ketones (excluding diaryl/α,β-unsaturated/α-hetero) is 1. The Morgan fingerprint density at radius 2 is 1.62 bits per heavy atom. The third-order valence-corrected chi connectivity index (χ3v) is 8.26. The van der Waals surface area contributed by atoms with Crippen molar-refractivity contribution in [2.45, 2.75) is 105 Å². The maximum Gasteiger partial charge on any atom is 0.408 e. The van der Waals surface area contributed by atoms with Gasteiger partial charge < -0.3 is 25.6 Å². The van der Waals surface area contributed by atoms with Gasteiger partial charge in [-0.3, -0.25) is 19.2 Å². The van der Waals surface area contributed by atoms with Crippen molar-refractivity contribution in [3.8, 4) is 0 Å². The Bertz CT molecular complexity index is 1180. The topological polar surface area (TPSA) is 134 Å². The number of amides is 4. The second kappa shape index (κ2) is 12.4. The molecule has 2 fully saturated rings. The average molecular weight is 585 g/mol. The Morgan fingerprint density at radius 1 is 1.00 bits per heavy atom. The largest absolute Gasteiger partial charge is 0.444 e. The summed E-state index contributed by atoms with van der Waals surface area (Å²) in [6.07, 6.45) is 0.141. The fraction of sp³-hybridized carbons (Fsp3) is 0.656. The van der Waals surface area contributed by atoms with Gasteiger partial charge in [-0.05, 0) is 55.4 Å². The van der Waals surface area contributed by atoms with Gasteiger partial charge in [0.1, 0.15) is 17.7 Å². The Balaban J connectivity index is 1.78. The first kappa shape index (κ1) is 33.1. The van der Waals surface area contributed by atoms with Gasteiger partial charge in [-0.15, -0.1) is 0 Å². The number of hydrogen-bond acceptors (Lipinski definition) is 6. The maximum atomic E-state index is 14.0. The van der Waals surface area contributed by atoms with Crippen LogP contribution in [0.3, 0.4) is 0 Å². The van der Waals surface area contributed by atoms with E-state index < -0.39 is 52.8 Å². The summed E-state index contributed by atoms with van der Waals surface area (Å²) in [5, 5.41) is 8.19. The van der Waals surface area contributed by atoms with E-state index in [9.17, 15) is 24.0 Å². The van der Waals surface area contributed by atoms with Gasteiger partial charge in [-0.1, -0.05) is 78.3 Å². The van der Waals surface area contributed by atoms with Crippen LogP contribution in [0.25, 0.3) is 0 Å². The highest BCUT2D eigenvalue weighted by atomic mass is 16.6. The molecule has 5 atom stereocenters. The summed E-state index contributed by atoms with van der Waals surface area (Å²) in [5.41, 5.74) is -0.725. The average Bonchev–Trinajstić information content (AvgIpc) is 3.21. The zero-order chi connectivity index (χ0) is 31.6. The summed E-state index contributed by atoms with van der Waals surface area (Å²) in [7, 11) is 0. The van der Waals surface area contributed by atoms with Crippen molar-refractivity contribution >= 4 is 29.6 Å². The lowest BCUT2D eigenvalue weighted by atomic mass is 9.85. The third-order valence-electron chi connectivity index (χ3n) is 8.26. The van der Waals surface area contributed by atoms with Crippen LogP contribution in [0.5, 0.6) is 0 Å². The van der Waals surface area contributed by atoms with Crippen LogP contribution >= 0.6 is 0 Å². The van der Waals surface area contributed by atoms with Crippen molar-refractivity contribution in [3.05, 3.63) is 35.9 Å². The number of nitrogens with zero attached hydrogens (tertiary/aromatic N) is 1. The molecular weight excluding hydrogens is 536 g/mol. The number of hydrogen-bond donors (Lipinski definition) is 3. The minimum absolute atomic E-state index is 0.104. The molecule has 0 bridgehead atoms. The lowest BCUT2D eigenvalue weighted by Crippen LogP contribution is -2.60. The van der Waals surface area contributed by atoms with Crippen LogP contribution in [0, 0.1) is 22.7 Å². The molecule has 4 amide bonds. The predicted molar refractivity (Wildman–Crippen MR) is 159 cm³/mol. The number of carbonyl (C=O) groups is 5. The molecule has 10 nitrogen and oxygen atoms in total. The van der Waals surface area contributed by atoms with Crippen molar-refractivity contribution < 1.29 is 28.7 Å². The van der Waals surface area contributed by atoms with E-state index in [0.29, 0.717) is 13.0 Å². The van der Waals surface area contributed by atoms with Crippen molar-refractivity contribution in [3.63, 3.8) is 0 Å². The number of piperidine rings is 1. The highest BCUT2D eigenvalue weighted by Gasteiger charge is 2.70. The van der Waals surface area contributed by atoms with Crippen LogP contribution in [-0.4, -0.2) is 64.8 Å². The van der Waals surface area contributed by atoms with Crippen molar-refractivity contribution in [2.24, 2.45) is 22.7 Å². The lowest BCUT2D eigenvalue weighted by Gasteiger charge is -2.38. The molecule has 0 radical (unpaired) electrons. The molecule has 1 saturated heterocycles. The number of benzene rings is 1. The van der Waals surface area contributed by atoms with Crippen LogP contribution < -0.4 is 16.0 Å². The third kappa shape index (κ3) is 7.69. The monoisotopic (exact) mass is 584 g/mol. The van der Waals surface area contributed by atoms with Crippen molar-refractivity contribution in [1.82, 2.24) is 20.9 Å². The van der Waals surface area contributed by atoms with E-state index in [1.165, 1.54) is 4.90 Å². The van der Waals surface area contributed by atoms with E-state index in [4.69, 9.17) is 4.74 Å². The predicted octanol–water partition coefficient (Wildman–Crippen LogP) is 3.58. The molecule has 232 valence electrons. The number of ketones is 1. The molecule has 42 heavy (non-hydrogen) atoms. The molecular formula is C32H48N4O6. The van der Waals surface area contributed by atoms with Gasteiger partial charge in [-0.25, -0.2) is 4.79 Å². The molecule has 3 N–H and O–H groups in total. The van der Waals surface area contributed by atoms with Crippen LogP contribution in [0.4, 0.5) is 4.79 Å². The fourth-order valence-electron chi connectivity index (χ4n) is 5.89. The standard InChI is InChI=1S/C32H48N4O6/c1-10-14-21(24(37)27(39)33-17-19-15-12-11-13-16-19)34-26(38)23-22-20(32(22,8)9)18-36(23)28(40)25(30(2,3)4)35-29(41)42-31(5,6)7/h11-13,15-16,20-23,25H,10,14,17-18H2,1-9H3,(H,33,39)(H,34,38)(H,35,41)/t20-,21-,22-,23-,25+/m0/s1. The molecule has 1 aliphatic heterocycles. The Hall–Kier alpha value is -3.43. The molecule has 0 spiro atoms. The molecule has 10 heteroatoms. The molecule has 1 aromatic rings. The van der Waals surface area contributed by atoms with Crippen LogP contribution in [0.2, 0.25) is 0 Å². The number of nitrogens with one attached hydrogen (secondary N) is 3. The van der Waals surface area contributed by atoms with E-state index in [0.717, 1.165) is 5.56 Å². The second-order valence-corrected chi connectivity index (χ2v) is 14.2. The van der Waals surface area contributed by atoms with Crippen LogP contribution in [0.1, 0.15) is 80.7 Å². The van der Waals surface area contributed by atoms with Gasteiger partial charge in [0.15, 0.2) is 0 Å².